The molecule has 0 fully saturated rings. The Morgan fingerprint density at radius 2 is 1.75 bits per heavy atom. The summed E-state index contributed by atoms with van der Waals surface area (Å²) in [6.45, 7) is 4.94. The molecule has 1 heterocycles. The summed E-state index contributed by atoms with van der Waals surface area (Å²) in [5.41, 5.74) is 2.68. The minimum absolute atomic E-state index is 0.0990. The van der Waals surface area contributed by atoms with E-state index in [1.807, 2.05) is 36.4 Å². The number of unbranched alkanes of at least 4 members (excludes halogenated alkanes) is 4. The number of hydrogen-bond acceptors (Lipinski definition) is 3. The highest BCUT2D eigenvalue weighted by Crippen LogP contribution is 2.28. The standard InChI is InChI=1S/C24H30N2O2/c1-3-5-6-7-8-12-18-13-11-15-20-22(18)25-23(26-24(20)27)19-14-9-10-16-21(19)28-17-4-2/h9-11,13-16H,3-8,12,17H2,1-2H3,(H,25,26,27). The van der Waals surface area contributed by atoms with Gasteiger partial charge < -0.3 is 9.72 Å². The van der Waals surface area contributed by atoms with E-state index in [1.54, 1.807) is 0 Å². The molecular weight excluding hydrogens is 348 g/mol. The molecule has 0 aliphatic heterocycles. The summed E-state index contributed by atoms with van der Waals surface area (Å²) in [7, 11) is 0. The summed E-state index contributed by atoms with van der Waals surface area (Å²) in [4.78, 5) is 20.5. The molecule has 3 rings (SSSR count). The van der Waals surface area contributed by atoms with Crippen LogP contribution in [0.3, 0.4) is 0 Å². The quantitative estimate of drug-likeness (QED) is 0.447. The minimum atomic E-state index is -0.0990. The molecule has 0 aliphatic carbocycles. The highest BCUT2D eigenvalue weighted by atomic mass is 16.5. The van der Waals surface area contributed by atoms with Gasteiger partial charge in [-0.05, 0) is 43.0 Å². The smallest absolute Gasteiger partial charge is 0.259 e. The number of nitrogens with zero attached hydrogens (tertiary/aromatic N) is 1. The molecule has 0 saturated carbocycles. The van der Waals surface area contributed by atoms with Gasteiger partial charge in [-0.1, -0.05) is 63.8 Å². The number of aromatic nitrogens is 2. The maximum atomic E-state index is 12.7. The predicted octanol–water partition coefficient (Wildman–Crippen LogP) is 5.89. The van der Waals surface area contributed by atoms with Crippen LogP contribution in [0.25, 0.3) is 22.3 Å². The van der Waals surface area contributed by atoms with Crippen molar-refractivity contribution in [1.29, 1.82) is 0 Å². The Hall–Kier alpha value is -2.62. The van der Waals surface area contributed by atoms with Crippen LogP contribution in [0.5, 0.6) is 5.75 Å². The Balaban J connectivity index is 1.95. The fourth-order valence-corrected chi connectivity index (χ4v) is 3.47. The van der Waals surface area contributed by atoms with Crippen molar-refractivity contribution in [3.8, 4) is 17.1 Å². The molecule has 0 spiro atoms. The Labute approximate surface area is 167 Å². The van der Waals surface area contributed by atoms with Crippen molar-refractivity contribution in [3.63, 3.8) is 0 Å². The number of H-pyrrole nitrogens is 1. The fourth-order valence-electron chi connectivity index (χ4n) is 3.47. The molecule has 0 atom stereocenters. The molecule has 1 aromatic heterocycles. The van der Waals surface area contributed by atoms with Gasteiger partial charge in [-0.15, -0.1) is 0 Å². The molecule has 4 heteroatoms. The molecular formula is C24H30N2O2. The number of aromatic amines is 1. The third kappa shape index (κ3) is 4.80. The first kappa shape index (κ1) is 20.1. The number of ether oxygens (including phenoxy) is 1. The zero-order valence-electron chi connectivity index (χ0n) is 17.0. The van der Waals surface area contributed by atoms with Crippen LogP contribution in [0, 0.1) is 0 Å². The summed E-state index contributed by atoms with van der Waals surface area (Å²) < 4.78 is 5.86. The van der Waals surface area contributed by atoms with Gasteiger partial charge in [0.05, 0.1) is 23.1 Å². The number of hydrogen-bond donors (Lipinski definition) is 1. The lowest BCUT2D eigenvalue weighted by Gasteiger charge is -2.12. The summed E-state index contributed by atoms with van der Waals surface area (Å²) >= 11 is 0. The summed E-state index contributed by atoms with van der Waals surface area (Å²) in [5, 5.41) is 0.654. The molecule has 28 heavy (non-hydrogen) atoms. The van der Waals surface area contributed by atoms with Gasteiger partial charge in [0.1, 0.15) is 11.6 Å². The number of benzene rings is 2. The third-order valence-corrected chi connectivity index (χ3v) is 4.97. The van der Waals surface area contributed by atoms with Crippen LogP contribution in [-0.4, -0.2) is 16.6 Å². The molecule has 0 aliphatic rings. The average Bonchev–Trinajstić information content (AvgIpc) is 2.72. The van der Waals surface area contributed by atoms with Crippen LogP contribution in [0.15, 0.2) is 47.3 Å². The second kappa shape index (κ2) is 10.1. The monoisotopic (exact) mass is 378 g/mol. The van der Waals surface area contributed by atoms with Gasteiger partial charge >= 0.3 is 0 Å². The highest BCUT2D eigenvalue weighted by molar-refractivity contribution is 5.83. The van der Waals surface area contributed by atoms with E-state index in [-0.39, 0.29) is 5.56 Å². The maximum absolute atomic E-state index is 12.7. The zero-order valence-corrected chi connectivity index (χ0v) is 17.0. The topological polar surface area (TPSA) is 55.0 Å². The first-order chi connectivity index (χ1) is 13.7. The fraction of sp³-hybridized carbons (Fsp3) is 0.417. The minimum Gasteiger partial charge on any atom is -0.493 e. The van der Waals surface area contributed by atoms with E-state index in [0.29, 0.717) is 17.8 Å². The first-order valence-electron chi connectivity index (χ1n) is 10.5. The van der Waals surface area contributed by atoms with Crippen molar-refractivity contribution in [3.05, 3.63) is 58.4 Å². The summed E-state index contributed by atoms with van der Waals surface area (Å²) in [5.74, 6) is 1.33. The van der Waals surface area contributed by atoms with Crippen LogP contribution in [0.2, 0.25) is 0 Å². The van der Waals surface area contributed by atoms with E-state index in [4.69, 9.17) is 9.72 Å². The second-order valence-corrected chi connectivity index (χ2v) is 7.24. The molecule has 2 aromatic carbocycles. The largest absolute Gasteiger partial charge is 0.493 e. The van der Waals surface area contributed by atoms with Crippen LogP contribution in [0.4, 0.5) is 0 Å². The SMILES string of the molecule is CCCCCCCc1cccc2c(=O)[nH]c(-c3ccccc3OCCC)nc12. The molecule has 1 N–H and O–H groups in total. The van der Waals surface area contributed by atoms with Gasteiger partial charge in [0.25, 0.3) is 5.56 Å². The van der Waals surface area contributed by atoms with Crippen molar-refractivity contribution < 1.29 is 4.74 Å². The van der Waals surface area contributed by atoms with Crippen LogP contribution in [-0.2, 0) is 6.42 Å². The van der Waals surface area contributed by atoms with Gasteiger partial charge in [0, 0.05) is 0 Å². The Kier molecular flexibility index (Phi) is 7.24. The molecule has 0 bridgehead atoms. The van der Waals surface area contributed by atoms with Crippen molar-refractivity contribution in [2.24, 2.45) is 0 Å². The number of para-hydroxylation sites is 2. The molecule has 0 saturated heterocycles. The van der Waals surface area contributed by atoms with Crippen LogP contribution >= 0.6 is 0 Å². The van der Waals surface area contributed by atoms with Gasteiger partial charge in [0.15, 0.2) is 0 Å². The number of aryl methyl sites for hydroxylation is 1. The number of fused-ring (bicyclic) bond motifs is 1. The van der Waals surface area contributed by atoms with E-state index >= 15 is 0 Å². The first-order valence-corrected chi connectivity index (χ1v) is 10.5. The molecule has 3 aromatic rings. The maximum Gasteiger partial charge on any atom is 0.259 e. The molecule has 4 nitrogen and oxygen atoms in total. The Morgan fingerprint density at radius 1 is 0.929 bits per heavy atom. The van der Waals surface area contributed by atoms with Crippen LogP contribution in [0.1, 0.15) is 57.9 Å². The molecule has 0 radical (unpaired) electrons. The van der Waals surface area contributed by atoms with E-state index in [0.717, 1.165) is 41.7 Å². The van der Waals surface area contributed by atoms with E-state index in [2.05, 4.69) is 24.9 Å². The molecule has 0 amide bonds. The van der Waals surface area contributed by atoms with Crippen molar-refractivity contribution in [2.75, 3.05) is 6.61 Å². The third-order valence-electron chi connectivity index (χ3n) is 4.97. The van der Waals surface area contributed by atoms with Crippen molar-refractivity contribution in [2.45, 2.75) is 58.8 Å². The summed E-state index contributed by atoms with van der Waals surface area (Å²) in [6, 6.07) is 13.7. The second-order valence-electron chi connectivity index (χ2n) is 7.24. The van der Waals surface area contributed by atoms with Gasteiger partial charge in [-0.3, -0.25) is 4.79 Å². The number of rotatable bonds is 10. The Bertz CT molecular complexity index is 962. The van der Waals surface area contributed by atoms with Crippen molar-refractivity contribution in [1.82, 2.24) is 9.97 Å². The van der Waals surface area contributed by atoms with Crippen LogP contribution < -0.4 is 10.3 Å². The van der Waals surface area contributed by atoms with E-state index in [9.17, 15) is 4.79 Å². The van der Waals surface area contributed by atoms with Crippen molar-refractivity contribution >= 4 is 10.9 Å². The number of nitrogens with one attached hydrogen (secondary N) is 1. The lowest BCUT2D eigenvalue weighted by atomic mass is 10.0. The zero-order chi connectivity index (χ0) is 19.8. The van der Waals surface area contributed by atoms with Gasteiger partial charge in [-0.25, -0.2) is 4.98 Å². The predicted molar refractivity (Wildman–Crippen MR) is 116 cm³/mol. The van der Waals surface area contributed by atoms with Gasteiger partial charge in [0.2, 0.25) is 0 Å². The average molecular weight is 379 g/mol. The molecule has 148 valence electrons. The normalized spacial score (nSPS) is 11.1. The van der Waals surface area contributed by atoms with E-state index in [1.165, 1.54) is 25.7 Å². The molecule has 0 unspecified atom stereocenters. The lowest BCUT2D eigenvalue weighted by Crippen LogP contribution is -2.11. The van der Waals surface area contributed by atoms with E-state index < -0.39 is 0 Å². The lowest BCUT2D eigenvalue weighted by molar-refractivity contribution is 0.318. The highest BCUT2D eigenvalue weighted by Gasteiger charge is 2.12. The Morgan fingerprint density at radius 3 is 2.57 bits per heavy atom. The summed E-state index contributed by atoms with van der Waals surface area (Å²) in [6.07, 6.45) is 8.01. The van der Waals surface area contributed by atoms with Gasteiger partial charge in [-0.2, -0.15) is 0 Å².